The summed E-state index contributed by atoms with van der Waals surface area (Å²) >= 11 is 1.55. The van der Waals surface area contributed by atoms with Crippen LogP contribution in [0.1, 0.15) is 12.5 Å². The molecule has 0 aliphatic rings. The number of anilines is 1. The second kappa shape index (κ2) is 9.82. The van der Waals surface area contributed by atoms with Gasteiger partial charge in [-0.05, 0) is 55.0 Å². The Bertz CT molecular complexity index is 1180. The Morgan fingerprint density at radius 1 is 1.06 bits per heavy atom. The molecule has 1 amide bonds. The topological polar surface area (TPSA) is 64.1 Å². The quantitative estimate of drug-likeness (QED) is 0.372. The van der Waals surface area contributed by atoms with Crippen molar-refractivity contribution < 1.29 is 9.53 Å². The number of pyridine rings is 1. The molecule has 2 aromatic carbocycles. The Hall–Kier alpha value is -3.77. The molecule has 0 bridgehead atoms. The molecule has 4 rings (SSSR count). The lowest BCUT2D eigenvalue weighted by atomic mass is 10.1. The van der Waals surface area contributed by atoms with E-state index < -0.39 is 0 Å². The number of thiazole rings is 1. The van der Waals surface area contributed by atoms with Crippen LogP contribution in [-0.2, 0) is 4.79 Å². The first-order valence-corrected chi connectivity index (χ1v) is 10.8. The van der Waals surface area contributed by atoms with E-state index >= 15 is 0 Å². The Labute approximate surface area is 185 Å². The predicted molar refractivity (Wildman–Crippen MR) is 126 cm³/mol. The molecule has 2 heterocycles. The van der Waals surface area contributed by atoms with Crippen LogP contribution in [0.2, 0.25) is 0 Å². The first-order chi connectivity index (χ1) is 15.2. The summed E-state index contributed by atoms with van der Waals surface area (Å²) in [5.74, 6) is 0.618. The fourth-order valence-corrected chi connectivity index (χ4v) is 3.77. The van der Waals surface area contributed by atoms with E-state index in [0.717, 1.165) is 33.3 Å². The van der Waals surface area contributed by atoms with Gasteiger partial charge in [0.05, 0.1) is 18.0 Å². The molecule has 0 saturated heterocycles. The number of carbonyl (C=O) groups excluding carboxylic acids is 1. The Morgan fingerprint density at radius 2 is 1.94 bits per heavy atom. The van der Waals surface area contributed by atoms with Gasteiger partial charge in [-0.1, -0.05) is 30.3 Å². The van der Waals surface area contributed by atoms with Crippen molar-refractivity contribution in [2.75, 3.05) is 11.9 Å². The summed E-state index contributed by atoms with van der Waals surface area (Å²) in [7, 11) is 0. The largest absolute Gasteiger partial charge is 0.494 e. The van der Waals surface area contributed by atoms with E-state index in [1.54, 1.807) is 23.6 Å². The van der Waals surface area contributed by atoms with E-state index in [4.69, 9.17) is 4.74 Å². The fraction of sp³-hybridized carbons (Fsp3) is 0.0800. The van der Waals surface area contributed by atoms with Crippen molar-refractivity contribution in [3.05, 3.63) is 89.9 Å². The molecule has 0 aliphatic heterocycles. The maximum Gasteiger partial charge on any atom is 0.248 e. The van der Waals surface area contributed by atoms with E-state index in [0.29, 0.717) is 12.3 Å². The van der Waals surface area contributed by atoms with Gasteiger partial charge in [0.1, 0.15) is 10.8 Å². The molecule has 31 heavy (non-hydrogen) atoms. The second-order valence-electron chi connectivity index (χ2n) is 6.66. The lowest BCUT2D eigenvalue weighted by Crippen LogP contribution is -2.07. The van der Waals surface area contributed by atoms with E-state index in [1.165, 1.54) is 6.08 Å². The highest BCUT2D eigenvalue weighted by atomic mass is 32.1. The van der Waals surface area contributed by atoms with Gasteiger partial charge >= 0.3 is 0 Å². The third-order valence-corrected chi connectivity index (χ3v) is 5.30. The normalized spacial score (nSPS) is 10.9. The standard InChI is InChI=1S/C25H21N3O2S/c1-2-30-21-12-9-18(10-13-21)11-14-24(29)27-20-7-5-6-19(16-20)23-17-31-25(28-23)22-8-3-4-15-26-22/h3-17H,2H2,1H3,(H,27,29)/b14-11+. The van der Waals surface area contributed by atoms with Crippen LogP contribution in [0.15, 0.2) is 84.4 Å². The van der Waals surface area contributed by atoms with E-state index in [2.05, 4.69) is 15.3 Å². The fourth-order valence-electron chi connectivity index (χ4n) is 2.97. The van der Waals surface area contributed by atoms with Gasteiger partial charge < -0.3 is 10.1 Å². The first kappa shape index (κ1) is 20.5. The zero-order valence-electron chi connectivity index (χ0n) is 17.0. The summed E-state index contributed by atoms with van der Waals surface area (Å²) in [4.78, 5) is 21.4. The molecule has 0 atom stereocenters. The highest BCUT2D eigenvalue weighted by molar-refractivity contribution is 7.13. The lowest BCUT2D eigenvalue weighted by molar-refractivity contribution is -0.111. The zero-order valence-corrected chi connectivity index (χ0v) is 17.8. The maximum absolute atomic E-state index is 12.3. The molecule has 4 aromatic rings. The van der Waals surface area contributed by atoms with Gasteiger partial charge in [0.25, 0.3) is 0 Å². The van der Waals surface area contributed by atoms with Crippen LogP contribution < -0.4 is 10.1 Å². The van der Waals surface area contributed by atoms with E-state index in [1.807, 2.05) is 79.0 Å². The summed E-state index contributed by atoms with van der Waals surface area (Å²) in [5.41, 5.74) is 4.28. The summed E-state index contributed by atoms with van der Waals surface area (Å²) in [6, 6.07) is 21.0. The number of amides is 1. The number of hydrogen-bond acceptors (Lipinski definition) is 5. The number of nitrogens with one attached hydrogen (secondary N) is 1. The number of nitrogens with zero attached hydrogens (tertiary/aromatic N) is 2. The number of benzene rings is 2. The number of rotatable bonds is 7. The SMILES string of the molecule is CCOc1ccc(/C=C/C(=O)Nc2cccc(-c3csc(-c4ccccn4)n3)c2)cc1. The van der Waals surface area contributed by atoms with Gasteiger partial charge in [-0.3, -0.25) is 9.78 Å². The minimum Gasteiger partial charge on any atom is -0.494 e. The molecule has 0 saturated carbocycles. The van der Waals surface area contributed by atoms with Crippen LogP contribution in [0.5, 0.6) is 5.75 Å². The maximum atomic E-state index is 12.3. The molecule has 0 unspecified atom stereocenters. The minimum absolute atomic E-state index is 0.196. The monoisotopic (exact) mass is 427 g/mol. The Kier molecular flexibility index (Phi) is 6.50. The van der Waals surface area contributed by atoms with Crippen LogP contribution in [0, 0.1) is 0 Å². The number of ether oxygens (including phenoxy) is 1. The Balaban J connectivity index is 1.42. The van der Waals surface area contributed by atoms with Gasteiger partial charge in [-0.25, -0.2) is 4.98 Å². The van der Waals surface area contributed by atoms with Gasteiger partial charge in [0.2, 0.25) is 5.91 Å². The molecule has 5 nitrogen and oxygen atoms in total. The van der Waals surface area contributed by atoms with Gasteiger partial charge in [-0.15, -0.1) is 11.3 Å². The summed E-state index contributed by atoms with van der Waals surface area (Å²) in [6.07, 6.45) is 5.05. The van der Waals surface area contributed by atoms with Crippen molar-refractivity contribution in [2.24, 2.45) is 0 Å². The van der Waals surface area contributed by atoms with Crippen LogP contribution in [0.3, 0.4) is 0 Å². The van der Waals surface area contributed by atoms with Crippen molar-refractivity contribution in [3.63, 3.8) is 0 Å². The smallest absolute Gasteiger partial charge is 0.248 e. The molecular formula is C25H21N3O2S. The molecule has 0 fully saturated rings. The minimum atomic E-state index is -0.196. The van der Waals surface area contributed by atoms with Crippen molar-refractivity contribution in [2.45, 2.75) is 6.92 Å². The first-order valence-electron chi connectivity index (χ1n) is 9.90. The molecule has 1 N–H and O–H groups in total. The van der Waals surface area contributed by atoms with E-state index in [9.17, 15) is 4.79 Å². The molecule has 2 aromatic heterocycles. The molecule has 6 heteroatoms. The average Bonchev–Trinajstić information content (AvgIpc) is 3.30. The number of hydrogen-bond donors (Lipinski definition) is 1. The zero-order chi connectivity index (χ0) is 21.5. The van der Waals surface area contributed by atoms with Crippen molar-refractivity contribution in [1.29, 1.82) is 0 Å². The Morgan fingerprint density at radius 3 is 2.71 bits per heavy atom. The van der Waals surface area contributed by atoms with Crippen LogP contribution in [-0.4, -0.2) is 22.5 Å². The molecule has 0 aliphatic carbocycles. The highest BCUT2D eigenvalue weighted by Gasteiger charge is 2.08. The van der Waals surface area contributed by atoms with Gasteiger partial charge in [0.15, 0.2) is 0 Å². The summed E-state index contributed by atoms with van der Waals surface area (Å²) < 4.78 is 5.43. The highest BCUT2D eigenvalue weighted by Crippen LogP contribution is 2.29. The molecule has 0 spiro atoms. The van der Waals surface area contributed by atoms with Crippen LogP contribution >= 0.6 is 11.3 Å². The van der Waals surface area contributed by atoms with E-state index in [-0.39, 0.29) is 5.91 Å². The molecule has 154 valence electrons. The van der Waals surface area contributed by atoms with Gasteiger partial charge in [-0.2, -0.15) is 0 Å². The third kappa shape index (κ3) is 5.43. The van der Waals surface area contributed by atoms with Gasteiger partial charge in [0, 0.05) is 28.9 Å². The number of aromatic nitrogens is 2. The predicted octanol–water partition coefficient (Wildman–Crippen LogP) is 5.92. The van der Waals surface area contributed by atoms with Crippen molar-refractivity contribution >= 4 is 29.0 Å². The van der Waals surface area contributed by atoms with Crippen molar-refractivity contribution in [1.82, 2.24) is 9.97 Å². The summed E-state index contributed by atoms with van der Waals surface area (Å²) in [6.45, 7) is 2.57. The lowest BCUT2D eigenvalue weighted by Gasteiger charge is -2.05. The second-order valence-corrected chi connectivity index (χ2v) is 7.52. The number of carbonyl (C=O) groups is 1. The van der Waals surface area contributed by atoms with Crippen LogP contribution in [0.25, 0.3) is 28.0 Å². The summed E-state index contributed by atoms with van der Waals surface area (Å²) in [5, 5.41) is 5.77. The van der Waals surface area contributed by atoms with Crippen molar-refractivity contribution in [3.8, 4) is 27.7 Å². The molecule has 0 radical (unpaired) electrons. The molecular weight excluding hydrogens is 406 g/mol. The average molecular weight is 428 g/mol. The van der Waals surface area contributed by atoms with Crippen LogP contribution in [0.4, 0.5) is 5.69 Å². The third-order valence-electron chi connectivity index (χ3n) is 4.43.